The van der Waals surface area contributed by atoms with E-state index in [0.29, 0.717) is 17.9 Å². The molecule has 1 aromatic rings. The number of carbonyl (C=O) groups is 1. The first kappa shape index (κ1) is 18.9. The van der Waals surface area contributed by atoms with Crippen LogP contribution in [0, 0.1) is 11.8 Å². The zero-order valence-electron chi connectivity index (χ0n) is 12.8. The maximum absolute atomic E-state index is 12.0. The number of aliphatic carboxylic acids is 1. The summed E-state index contributed by atoms with van der Waals surface area (Å²) < 4.78 is 26.3. The number of sulfonamides is 1. The molecule has 22 heavy (non-hydrogen) atoms. The third-order valence-corrected chi connectivity index (χ3v) is 4.79. The van der Waals surface area contributed by atoms with Crippen molar-refractivity contribution in [2.24, 2.45) is 11.8 Å². The van der Waals surface area contributed by atoms with Gasteiger partial charge in [0, 0.05) is 11.6 Å². The van der Waals surface area contributed by atoms with E-state index in [4.69, 9.17) is 16.7 Å². The van der Waals surface area contributed by atoms with E-state index in [1.54, 1.807) is 24.3 Å². The summed E-state index contributed by atoms with van der Waals surface area (Å²) in [5.74, 6) is -1.59. The van der Waals surface area contributed by atoms with Crippen molar-refractivity contribution in [2.75, 3.05) is 12.3 Å². The number of carboxylic acid groups (broad SMARTS) is 1. The zero-order valence-corrected chi connectivity index (χ0v) is 14.3. The van der Waals surface area contributed by atoms with Crippen LogP contribution in [-0.2, 0) is 21.2 Å². The van der Waals surface area contributed by atoms with Gasteiger partial charge in [-0.1, -0.05) is 37.6 Å². The summed E-state index contributed by atoms with van der Waals surface area (Å²) in [5, 5.41) is 9.67. The number of halogens is 1. The highest BCUT2D eigenvalue weighted by atomic mass is 35.5. The van der Waals surface area contributed by atoms with Crippen molar-refractivity contribution in [3.63, 3.8) is 0 Å². The molecule has 0 bridgehead atoms. The SMILES string of the molecule is CC(C)CC(CNS(=O)(=O)CCc1cccc(Cl)c1)C(=O)O. The Morgan fingerprint density at radius 3 is 2.59 bits per heavy atom. The van der Waals surface area contributed by atoms with Crippen molar-refractivity contribution in [3.05, 3.63) is 34.9 Å². The molecule has 1 unspecified atom stereocenters. The lowest BCUT2D eigenvalue weighted by Crippen LogP contribution is -2.35. The molecule has 0 aliphatic heterocycles. The van der Waals surface area contributed by atoms with Crippen LogP contribution in [0.25, 0.3) is 0 Å². The molecule has 2 N–H and O–H groups in total. The number of carboxylic acids is 1. The Hall–Kier alpha value is -1.11. The van der Waals surface area contributed by atoms with Gasteiger partial charge in [-0.15, -0.1) is 0 Å². The first-order valence-electron chi connectivity index (χ1n) is 7.14. The van der Waals surface area contributed by atoms with Crippen LogP contribution in [0.2, 0.25) is 5.02 Å². The maximum Gasteiger partial charge on any atom is 0.307 e. The molecule has 5 nitrogen and oxygen atoms in total. The molecule has 0 saturated carbocycles. The minimum Gasteiger partial charge on any atom is -0.481 e. The van der Waals surface area contributed by atoms with Crippen LogP contribution in [0.1, 0.15) is 25.8 Å². The Bertz CT molecular complexity index is 601. The van der Waals surface area contributed by atoms with Crippen molar-refractivity contribution in [2.45, 2.75) is 26.7 Å². The van der Waals surface area contributed by atoms with Crippen LogP contribution < -0.4 is 4.72 Å². The summed E-state index contributed by atoms with van der Waals surface area (Å²) in [6.45, 7) is 3.73. The van der Waals surface area contributed by atoms with E-state index in [1.807, 2.05) is 13.8 Å². The molecule has 0 amide bonds. The molecule has 7 heteroatoms. The zero-order chi connectivity index (χ0) is 16.8. The topological polar surface area (TPSA) is 83.5 Å². The summed E-state index contributed by atoms with van der Waals surface area (Å²) in [4.78, 5) is 11.1. The molecule has 124 valence electrons. The normalized spacial score (nSPS) is 13.3. The van der Waals surface area contributed by atoms with Crippen molar-refractivity contribution >= 4 is 27.6 Å². The van der Waals surface area contributed by atoms with E-state index < -0.39 is 21.9 Å². The summed E-state index contributed by atoms with van der Waals surface area (Å²) in [6, 6.07) is 7.01. The van der Waals surface area contributed by atoms with Gasteiger partial charge in [-0.3, -0.25) is 4.79 Å². The highest BCUT2D eigenvalue weighted by Gasteiger charge is 2.21. The van der Waals surface area contributed by atoms with Crippen LogP contribution >= 0.6 is 11.6 Å². The standard InChI is InChI=1S/C15H22ClNO4S/c1-11(2)8-13(15(18)19)10-17-22(20,21)7-6-12-4-3-5-14(16)9-12/h3-5,9,11,13,17H,6-8,10H2,1-2H3,(H,18,19). The van der Waals surface area contributed by atoms with Crippen LogP contribution in [-0.4, -0.2) is 31.8 Å². The van der Waals surface area contributed by atoms with Gasteiger partial charge in [0.2, 0.25) is 10.0 Å². The number of nitrogens with one attached hydrogen (secondary N) is 1. The van der Waals surface area contributed by atoms with E-state index in [0.717, 1.165) is 5.56 Å². The molecular formula is C15H22ClNO4S. The highest BCUT2D eigenvalue weighted by molar-refractivity contribution is 7.89. The van der Waals surface area contributed by atoms with Gasteiger partial charge in [-0.05, 0) is 36.5 Å². The van der Waals surface area contributed by atoms with Gasteiger partial charge in [-0.25, -0.2) is 13.1 Å². The Morgan fingerprint density at radius 1 is 1.36 bits per heavy atom. The van der Waals surface area contributed by atoms with E-state index in [-0.39, 0.29) is 18.2 Å². The lowest BCUT2D eigenvalue weighted by atomic mass is 9.98. The third-order valence-electron chi connectivity index (χ3n) is 3.20. The lowest BCUT2D eigenvalue weighted by Gasteiger charge is -2.15. The largest absolute Gasteiger partial charge is 0.481 e. The number of aryl methyl sites for hydroxylation is 1. The second kappa shape index (κ2) is 8.50. The second-order valence-electron chi connectivity index (χ2n) is 5.71. The first-order valence-corrected chi connectivity index (χ1v) is 9.17. The molecule has 1 atom stereocenters. The van der Waals surface area contributed by atoms with Gasteiger partial charge >= 0.3 is 5.97 Å². The maximum atomic E-state index is 12.0. The predicted octanol–water partition coefficient (Wildman–Crippen LogP) is 2.55. The molecule has 0 heterocycles. The van der Waals surface area contributed by atoms with Gasteiger partial charge in [0.1, 0.15) is 0 Å². The fourth-order valence-corrected chi connectivity index (χ4v) is 3.40. The second-order valence-corrected chi connectivity index (χ2v) is 8.07. The van der Waals surface area contributed by atoms with E-state index >= 15 is 0 Å². The molecule has 0 aliphatic carbocycles. The minimum atomic E-state index is -3.51. The fraction of sp³-hybridized carbons (Fsp3) is 0.533. The van der Waals surface area contributed by atoms with Crippen LogP contribution in [0.3, 0.4) is 0 Å². The van der Waals surface area contributed by atoms with E-state index in [9.17, 15) is 13.2 Å². The Morgan fingerprint density at radius 2 is 2.05 bits per heavy atom. The lowest BCUT2D eigenvalue weighted by molar-refractivity contribution is -0.142. The highest BCUT2D eigenvalue weighted by Crippen LogP contribution is 2.13. The Labute approximate surface area is 136 Å². The molecule has 1 rings (SSSR count). The number of benzene rings is 1. The predicted molar refractivity (Wildman–Crippen MR) is 87.5 cm³/mol. The third kappa shape index (κ3) is 7.24. The fourth-order valence-electron chi connectivity index (χ4n) is 2.08. The average molecular weight is 348 g/mol. The van der Waals surface area contributed by atoms with E-state index in [1.165, 1.54) is 0 Å². The van der Waals surface area contributed by atoms with Crippen molar-refractivity contribution in [1.82, 2.24) is 4.72 Å². The van der Waals surface area contributed by atoms with Crippen LogP contribution in [0.15, 0.2) is 24.3 Å². The average Bonchev–Trinajstić information content (AvgIpc) is 2.41. The van der Waals surface area contributed by atoms with Crippen molar-refractivity contribution in [3.8, 4) is 0 Å². The summed E-state index contributed by atoms with van der Waals surface area (Å²) in [7, 11) is -3.51. The van der Waals surface area contributed by atoms with Gasteiger partial charge < -0.3 is 5.11 Å². The van der Waals surface area contributed by atoms with Crippen molar-refractivity contribution < 1.29 is 18.3 Å². The minimum absolute atomic E-state index is 0.0780. The molecular weight excluding hydrogens is 326 g/mol. The molecule has 0 radical (unpaired) electrons. The monoisotopic (exact) mass is 347 g/mol. The van der Waals surface area contributed by atoms with Gasteiger partial charge in [-0.2, -0.15) is 0 Å². The molecule has 0 saturated heterocycles. The van der Waals surface area contributed by atoms with Crippen LogP contribution in [0.4, 0.5) is 0 Å². The number of rotatable bonds is 9. The van der Waals surface area contributed by atoms with Gasteiger partial charge in [0.25, 0.3) is 0 Å². The Balaban J connectivity index is 2.54. The molecule has 0 aromatic heterocycles. The quantitative estimate of drug-likeness (QED) is 0.719. The van der Waals surface area contributed by atoms with Gasteiger partial charge in [0.05, 0.1) is 11.7 Å². The smallest absolute Gasteiger partial charge is 0.307 e. The summed E-state index contributed by atoms with van der Waals surface area (Å²) in [6.07, 6.45) is 0.768. The summed E-state index contributed by atoms with van der Waals surface area (Å²) in [5.41, 5.74) is 0.829. The summed E-state index contributed by atoms with van der Waals surface area (Å²) >= 11 is 5.85. The van der Waals surface area contributed by atoms with Crippen molar-refractivity contribution in [1.29, 1.82) is 0 Å². The number of hydrogen-bond donors (Lipinski definition) is 2. The van der Waals surface area contributed by atoms with Gasteiger partial charge in [0.15, 0.2) is 0 Å². The molecule has 0 spiro atoms. The number of hydrogen-bond acceptors (Lipinski definition) is 3. The van der Waals surface area contributed by atoms with Crippen LogP contribution in [0.5, 0.6) is 0 Å². The Kier molecular flexibility index (Phi) is 7.32. The molecule has 0 aliphatic rings. The first-order chi connectivity index (χ1) is 10.2. The molecule has 1 aromatic carbocycles. The van der Waals surface area contributed by atoms with E-state index in [2.05, 4.69) is 4.72 Å². The molecule has 0 fully saturated rings.